The molecule has 0 saturated heterocycles. The van der Waals surface area contributed by atoms with Crippen LogP contribution in [0.3, 0.4) is 0 Å². The quantitative estimate of drug-likeness (QED) is 0.276. The second kappa shape index (κ2) is 6.63. The monoisotopic (exact) mass is 285 g/mol. The Bertz CT molecular complexity index is 576. The van der Waals surface area contributed by atoms with Gasteiger partial charge in [0.25, 0.3) is 0 Å². The van der Waals surface area contributed by atoms with E-state index in [2.05, 4.69) is 14.8 Å². The molecule has 1 rings (SSSR count). The summed E-state index contributed by atoms with van der Waals surface area (Å²) in [6.45, 7) is 1.54. The van der Waals surface area contributed by atoms with E-state index < -0.39 is 23.4 Å². The Hall–Kier alpha value is -2.47. The van der Waals surface area contributed by atoms with E-state index >= 15 is 0 Å². The number of carbonyl (C=O) groups is 1. The van der Waals surface area contributed by atoms with Crippen molar-refractivity contribution in [2.45, 2.75) is 13.1 Å². The molecule has 0 fully saturated rings. The Labute approximate surface area is 112 Å². The molecule has 0 aliphatic heterocycles. The summed E-state index contributed by atoms with van der Waals surface area (Å²) in [6, 6.07) is 4.62. The third-order valence-corrected chi connectivity index (χ3v) is 2.20. The molecule has 0 radical (unpaired) electrons. The van der Waals surface area contributed by atoms with E-state index in [1.165, 1.54) is 19.1 Å². The largest absolute Gasteiger partial charge is 0.462 e. The summed E-state index contributed by atoms with van der Waals surface area (Å²) < 4.78 is 43.0. The third-order valence-electron chi connectivity index (χ3n) is 2.20. The molecule has 0 heterocycles. The van der Waals surface area contributed by atoms with Gasteiger partial charge in [-0.1, -0.05) is 23.3 Å². The molecule has 0 amide bonds. The van der Waals surface area contributed by atoms with Crippen LogP contribution in [0.4, 0.5) is 13.2 Å². The van der Waals surface area contributed by atoms with Gasteiger partial charge in [0.1, 0.15) is 5.70 Å². The second-order valence-electron chi connectivity index (χ2n) is 3.52. The van der Waals surface area contributed by atoms with Crippen molar-refractivity contribution in [2.75, 3.05) is 6.61 Å². The first-order chi connectivity index (χ1) is 9.40. The first-order valence-corrected chi connectivity index (χ1v) is 5.50. The van der Waals surface area contributed by atoms with Crippen LogP contribution in [-0.4, -0.2) is 12.6 Å². The lowest BCUT2D eigenvalue weighted by molar-refractivity contribution is -0.139. The van der Waals surface area contributed by atoms with Gasteiger partial charge in [-0.15, -0.1) is 0 Å². The summed E-state index contributed by atoms with van der Waals surface area (Å²) >= 11 is 0. The Balaban J connectivity index is 3.32. The van der Waals surface area contributed by atoms with Crippen molar-refractivity contribution in [3.63, 3.8) is 0 Å². The molecule has 0 aliphatic carbocycles. The maximum absolute atomic E-state index is 12.8. The van der Waals surface area contributed by atoms with Crippen molar-refractivity contribution < 1.29 is 22.7 Å². The fourth-order valence-electron chi connectivity index (χ4n) is 1.41. The lowest BCUT2D eigenvalue weighted by Gasteiger charge is -2.10. The van der Waals surface area contributed by atoms with Crippen LogP contribution in [0, 0.1) is 0 Å². The number of halogens is 3. The smallest absolute Gasteiger partial charge is 0.416 e. The Morgan fingerprint density at radius 3 is 2.65 bits per heavy atom. The number of hydrogen-bond donors (Lipinski definition) is 0. The molecule has 5 nitrogen and oxygen atoms in total. The van der Waals surface area contributed by atoms with Crippen LogP contribution in [-0.2, 0) is 15.7 Å². The van der Waals surface area contributed by atoms with Crippen molar-refractivity contribution in [1.29, 1.82) is 0 Å². The number of ether oxygens (including phenoxy) is 1. The molecule has 0 unspecified atom stereocenters. The minimum Gasteiger partial charge on any atom is -0.462 e. The summed E-state index contributed by atoms with van der Waals surface area (Å²) in [6.07, 6.45) is -3.73. The number of rotatable bonds is 4. The summed E-state index contributed by atoms with van der Waals surface area (Å²) in [5, 5.41) is 3.06. The van der Waals surface area contributed by atoms with Gasteiger partial charge in [0.2, 0.25) is 0 Å². The summed E-state index contributed by atoms with van der Waals surface area (Å²) in [4.78, 5) is 13.9. The predicted molar refractivity (Wildman–Crippen MR) is 65.2 cm³/mol. The molecular formula is C12H10F3N3O2. The molecule has 1 aromatic carbocycles. The molecule has 106 valence electrons. The molecule has 0 bridgehead atoms. The lowest BCUT2D eigenvalue weighted by atomic mass is 10.1. The zero-order chi connectivity index (χ0) is 15.2. The van der Waals surface area contributed by atoms with Crippen molar-refractivity contribution in [2.24, 2.45) is 5.11 Å². The van der Waals surface area contributed by atoms with Crippen LogP contribution in [0.2, 0.25) is 0 Å². The summed E-state index contributed by atoms with van der Waals surface area (Å²) in [5.74, 6) is -0.984. The third kappa shape index (κ3) is 4.03. The Kier molecular flexibility index (Phi) is 5.16. The summed E-state index contributed by atoms with van der Waals surface area (Å²) in [5.41, 5.74) is 6.60. The SMILES string of the molecule is CCOC(=O)C(=Cc1ccccc1C(F)(F)F)N=[N+]=[N-]. The van der Waals surface area contributed by atoms with Crippen molar-refractivity contribution in [3.8, 4) is 0 Å². The standard InChI is InChI=1S/C12H10F3N3O2/c1-2-20-11(19)10(17-18-16)7-8-5-3-4-6-9(8)12(13,14)15/h3-7H,2H2,1H3. The van der Waals surface area contributed by atoms with Gasteiger partial charge in [-0.2, -0.15) is 13.2 Å². The van der Waals surface area contributed by atoms with Crippen LogP contribution in [0.5, 0.6) is 0 Å². The highest BCUT2D eigenvalue weighted by Gasteiger charge is 2.32. The van der Waals surface area contributed by atoms with Crippen molar-refractivity contribution in [3.05, 3.63) is 51.5 Å². The molecule has 0 aliphatic rings. The fraction of sp³-hybridized carbons (Fsp3) is 0.250. The van der Waals surface area contributed by atoms with Gasteiger partial charge in [0, 0.05) is 4.91 Å². The number of alkyl halides is 3. The van der Waals surface area contributed by atoms with Crippen LogP contribution in [0.1, 0.15) is 18.1 Å². The van der Waals surface area contributed by atoms with Gasteiger partial charge in [0.15, 0.2) is 0 Å². The first kappa shape index (κ1) is 15.6. The molecule has 0 spiro atoms. The number of carbonyl (C=O) groups excluding carboxylic acids is 1. The average Bonchev–Trinajstić information content (AvgIpc) is 2.38. The van der Waals surface area contributed by atoms with Gasteiger partial charge in [-0.25, -0.2) is 4.79 Å². The van der Waals surface area contributed by atoms with Crippen LogP contribution in [0.15, 0.2) is 35.1 Å². The summed E-state index contributed by atoms with van der Waals surface area (Å²) in [7, 11) is 0. The minimum absolute atomic E-state index is 0.0119. The minimum atomic E-state index is -4.58. The maximum Gasteiger partial charge on any atom is 0.416 e. The number of azide groups is 1. The topological polar surface area (TPSA) is 75.1 Å². The highest BCUT2D eigenvalue weighted by atomic mass is 19.4. The van der Waals surface area contributed by atoms with E-state index in [0.717, 1.165) is 18.2 Å². The number of esters is 1. The molecule has 8 heteroatoms. The first-order valence-electron chi connectivity index (χ1n) is 5.50. The van der Waals surface area contributed by atoms with E-state index in [1.807, 2.05) is 0 Å². The highest BCUT2D eigenvalue weighted by molar-refractivity contribution is 5.93. The molecule has 20 heavy (non-hydrogen) atoms. The number of benzene rings is 1. The average molecular weight is 285 g/mol. The second-order valence-corrected chi connectivity index (χ2v) is 3.52. The van der Waals surface area contributed by atoms with E-state index in [0.29, 0.717) is 0 Å². The lowest BCUT2D eigenvalue weighted by Crippen LogP contribution is -2.09. The molecule has 0 saturated carbocycles. The molecule has 0 atom stereocenters. The van der Waals surface area contributed by atoms with E-state index in [-0.39, 0.29) is 12.2 Å². The Morgan fingerprint density at radius 2 is 2.10 bits per heavy atom. The van der Waals surface area contributed by atoms with E-state index in [9.17, 15) is 18.0 Å². The molecule has 1 aromatic rings. The molecular weight excluding hydrogens is 275 g/mol. The predicted octanol–water partition coefficient (Wildman–Crippen LogP) is 3.92. The van der Waals surface area contributed by atoms with Crippen LogP contribution in [0.25, 0.3) is 16.5 Å². The Morgan fingerprint density at radius 1 is 1.45 bits per heavy atom. The van der Waals surface area contributed by atoms with E-state index in [1.54, 1.807) is 0 Å². The van der Waals surface area contributed by atoms with Gasteiger partial charge in [0.05, 0.1) is 12.2 Å². The number of nitrogens with zero attached hydrogens (tertiary/aromatic N) is 3. The van der Waals surface area contributed by atoms with Crippen molar-refractivity contribution >= 4 is 12.0 Å². The van der Waals surface area contributed by atoms with Gasteiger partial charge in [-0.05, 0) is 30.2 Å². The molecule has 0 N–H and O–H groups in total. The van der Waals surface area contributed by atoms with E-state index in [4.69, 9.17) is 5.53 Å². The normalized spacial score (nSPS) is 11.7. The maximum atomic E-state index is 12.8. The van der Waals surface area contributed by atoms with Crippen molar-refractivity contribution in [1.82, 2.24) is 0 Å². The zero-order valence-electron chi connectivity index (χ0n) is 10.4. The highest BCUT2D eigenvalue weighted by Crippen LogP contribution is 2.32. The molecule has 0 aromatic heterocycles. The zero-order valence-corrected chi connectivity index (χ0v) is 10.4. The van der Waals surface area contributed by atoms with Crippen LogP contribution >= 0.6 is 0 Å². The fourth-order valence-corrected chi connectivity index (χ4v) is 1.41. The van der Waals surface area contributed by atoms with Gasteiger partial charge >= 0.3 is 12.1 Å². The van der Waals surface area contributed by atoms with Gasteiger partial charge < -0.3 is 4.74 Å². The number of hydrogen-bond acceptors (Lipinski definition) is 3. The van der Waals surface area contributed by atoms with Crippen LogP contribution < -0.4 is 0 Å². The van der Waals surface area contributed by atoms with Gasteiger partial charge in [-0.3, -0.25) is 0 Å².